The molecular formula is C22H20N2O4S. The van der Waals surface area contributed by atoms with Gasteiger partial charge in [0.1, 0.15) is 6.29 Å². The molecule has 0 fully saturated rings. The maximum atomic E-state index is 12.8. The van der Waals surface area contributed by atoms with E-state index in [1.807, 2.05) is 24.4 Å². The van der Waals surface area contributed by atoms with E-state index in [0.29, 0.717) is 23.6 Å². The summed E-state index contributed by atoms with van der Waals surface area (Å²) in [6.07, 6.45) is 1.54. The number of rotatable bonds is 6. The smallest absolute Gasteiger partial charge is 0.264 e. The molecule has 0 atom stereocenters. The lowest BCUT2D eigenvalue weighted by atomic mass is 10.1. The number of methoxy groups -OCH3 is 1. The minimum absolute atomic E-state index is 0.108. The van der Waals surface area contributed by atoms with E-state index in [4.69, 9.17) is 9.47 Å². The number of anilines is 1. The van der Waals surface area contributed by atoms with Gasteiger partial charge in [-0.2, -0.15) is 0 Å². The molecule has 0 saturated carbocycles. The molecule has 0 bridgehead atoms. The van der Waals surface area contributed by atoms with E-state index in [2.05, 4.69) is 11.1 Å². The van der Waals surface area contributed by atoms with E-state index >= 15 is 0 Å². The van der Waals surface area contributed by atoms with E-state index in [1.54, 1.807) is 34.4 Å². The zero-order valence-electron chi connectivity index (χ0n) is 16.2. The van der Waals surface area contributed by atoms with Crippen molar-refractivity contribution < 1.29 is 19.1 Å². The minimum atomic E-state index is -0.123. The van der Waals surface area contributed by atoms with E-state index in [1.165, 1.54) is 7.11 Å². The van der Waals surface area contributed by atoms with Crippen LogP contribution in [0.4, 0.5) is 5.69 Å². The summed E-state index contributed by atoms with van der Waals surface area (Å²) in [4.78, 5) is 29.9. The number of fused-ring (bicyclic) bond motifs is 1. The Labute approximate surface area is 172 Å². The van der Waals surface area contributed by atoms with Gasteiger partial charge < -0.3 is 14.4 Å². The van der Waals surface area contributed by atoms with Crippen molar-refractivity contribution in [2.75, 3.05) is 25.2 Å². The molecule has 1 aromatic heterocycles. The number of amides is 1. The highest BCUT2D eigenvalue weighted by atomic mass is 32.1. The Hall–Kier alpha value is -3.19. The summed E-state index contributed by atoms with van der Waals surface area (Å²) in [6, 6.07) is 10.9. The lowest BCUT2D eigenvalue weighted by Crippen LogP contribution is -2.33. The van der Waals surface area contributed by atoms with E-state index in [0.717, 1.165) is 40.2 Å². The van der Waals surface area contributed by atoms with Crippen LogP contribution in [0.15, 0.2) is 41.8 Å². The summed E-state index contributed by atoms with van der Waals surface area (Å²) in [6.45, 7) is 2.50. The van der Waals surface area contributed by atoms with Gasteiger partial charge in [0.2, 0.25) is 0 Å². The van der Waals surface area contributed by atoms with Gasteiger partial charge in [-0.15, -0.1) is 11.3 Å². The summed E-state index contributed by atoms with van der Waals surface area (Å²) >= 11 is 1.63. The molecule has 4 rings (SSSR count). The summed E-state index contributed by atoms with van der Waals surface area (Å²) in [5.74, 6) is 0.732. The number of hydrogen-bond acceptors (Lipinski definition) is 6. The molecule has 0 N–H and O–H groups in total. The average molecular weight is 408 g/mol. The third-order valence-electron chi connectivity index (χ3n) is 4.87. The van der Waals surface area contributed by atoms with Crippen LogP contribution in [-0.4, -0.2) is 37.4 Å². The summed E-state index contributed by atoms with van der Waals surface area (Å²) in [7, 11) is 1.50. The third kappa shape index (κ3) is 3.86. The SMILES string of the molecule is COc1cc(C=O)ccc1OCC(=O)N1CCc2cc(-c3csc(C)n3)ccc21. The van der Waals surface area contributed by atoms with Gasteiger partial charge in [0.25, 0.3) is 5.91 Å². The molecule has 1 aliphatic rings. The number of aryl methyl sites for hydroxylation is 1. The molecule has 7 heteroatoms. The second kappa shape index (κ2) is 8.05. The van der Waals surface area contributed by atoms with Crippen molar-refractivity contribution in [3.05, 3.63) is 57.9 Å². The zero-order valence-corrected chi connectivity index (χ0v) is 17.0. The molecule has 29 heavy (non-hydrogen) atoms. The Bertz CT molecular complexity index is 1080. The maximum Gasteiger partial charge on any atom is 0.264 e. The van der Waals surface area contributed by atoms with Crippen LogP contribution in [0.1, 0.15) is 20.9 Å². The van der Waals surface area contributed by atoms with Crippen LogP contribution in [0.2, 0.25) is 0 Å². The van der Waals surface area contributed by atoms with Crippen LogP contribution in [-0.2, 0) is 11.2 Å². The van der Waals surface area contributed by atoms with E-state index in [9.17, 15) is 9.59 Å². The second-order valence-corrected chi connectivity index (χ2v) is 7.77. The topological polar surface area (TPSA) is 68.7 Å². The van der Waals surface area contributed by atoms with Crippen molar-refractivity contribution in [2.24, 2.45) is 0 Å². The number of carbonyl (C=O) groups is 2. The van der Waals surface area contributed by atoms with Crippen LogP contribution >= 0.6 is 11.3 Å². The second-order valence-electron chi connectivity index (χ2n) is 6.71. The van der Waals surface area contributed by atoms with Crippen molar-refractivity contribution in [2.45, 2.75) is 13.3 Å². The highest BCUT2D eigenvalue weighted by molar-refractivity contribution is 7.09. The molecule has 1 amide bonds. The first-order chi connectivity index (χ1) is 14.1. The van der Waals surface area contributed by atoms with Crippen molar-refractivity contribution in [1.82, 2.24) is 4.98 Å². The lowest BCUT2D eigenvalue weighted by Gasteiger charge is -2.18. The zero-order chi connectivity index (χ0) is 20.4. The van der Waals surface area contributed by atoms with Gasteiger partial charge in [0.05, 0.1) is 17.8 Å². The Balaban J connectivity index is 1.47. The number of ether oxygens (including phenoxy) is 2. The van der Waals surface area contributed by atoms with Gasteiger partial charge in [-0.05, 0) is 49.2 Å². The Morgan fingerprint density at radius 2 is 2.10 bits per heavy atom. The number of carbonyl (C=O) groups excluding carboxylic acids is 2. The molecule has 0 spiro atoms. The number of benzene rings is 2. The standard InChI is InChI=1S/C22H20N2O4S/c1-14-23-18(13-29-14)16-4-5-19-17(10-16)7-8-24(19)22(26)12-28-20-6-3-15(11-25)9-21(20)27-2/h3-6,9-11,13H,7-8,12H2,1-2H3. The molecule has 0 unspecified atom stereocenters. The average Bonchev–Trinajstić information content (AvgIpc) is 3.37. The normalized spacial score (nSPS) is 12.6. The molecule has 2 heterocycles. The molecule has 3 aromatic rings. The quantitative estimate of drug-likeness (QED) is 0.579. The Morgan fingerprint density at radius 3 is 2.83 bits per heavy atom. The van der Waals surface area contributed by atoms with Crippen LogP contribution in [0.5, 0.6) is 11.5 Å². The van der Waals surface area contributed by atoms with Gasteiger partial charge in [0, 0.05) is 28.7 Å². The highest BCUT2D eigenvalue weighted by Crippen LogP contribution is 2.33. The Kier molecular flexibility index (Phi) is 5.31. The van der Waals surface area contributed by atoms with Crippen LogP contribution in [0.25, 0.3) is 11.3 Å². The Morgan fingerprint density at radius 1 is 1.24 bits per heavy atom. The number of aromatic nitrogens is 1. The largest absolute Gasteiger partial charge is 0.493 e. The summed E-state index contributed by atoms with van der Waals surface area (Å²) in [5, 5.41) is 3.08. The van der Waals surface area contributed by atoms with Crippen molar-refractivity contribution in [3.8, 4) is 22.8 Å². The van der Waals surface area contributed by atoms with Gasteiger partial charge in [-0.1, -0.05) is 6.07 Å². The maximum absolute atomic E-state index is 12.8. The predicted molar refractivity (Wildman–Crippen MR) is 112 cm³/mol. The van der Waals surface area contributed by atoms with Crippen molar-refractivity contribution in [3.63, 3.8) is 0 Å². The molecular weight excluding hydrogens is 388 g/mol. The highest BCUT2D eigenvalue weighted by Gasteiger charge is 2.25. The first kappa shape index (κ1) is 19.1. The van der Waals surface area contributed by atoms with Crippen molar-refractivity contribution >= 4 is 29.2 Å². The number of hydrogen-bond donors (Lipinski definition) is 0. The van der Waals surface area contributed by atoms with E-state index in [-0.39, 0.29) is 12.5 Å². The number of aldehydes is 1. The van der Waals surface area contributed by atoms with Gasteiger partial charge in [-0.3, -0.25) is 9.59 Å². The summed E-state index contributed by atoms with van der Waals surface area (Å²) in [5.41, 5.74) is 4.57. The lowest BCUT2D eigenvalue weighted by molar-refractivity contribution is -0.120. The third-order valence-corrected chi connectivity index (χ3v) is 5.64. The fourth-order valence-electron chi connectivity index (χ4n) is 3.41. The molecule has 2 aromatic carbocycles. The molecule has 6 nitrogen and oxygen atoms in total. The van der Waals surface area contributed by atoms with E-state index < -0.39 is 0 Å². The first-order valence-electron chi connectivity index (χ1n) is 9.21. The fourth-order valence-corrected chi connectivity index (χ4v) is 4.03. The van der Waals surface area contributed by atoms with Crippen LogP contribution in [0, 0.1) is 6.92 Å². The molecule has 1 aliphatic heterocycles. The first-order valence-corrected chi connectivity index (χ1v) is 10.1. The van der Waals surface area contributed by atoms with Gasteiger partial charge >= 0.3 is 0 Å². The number of nitrogens with zero attached hydrogens (tertiary/aromatic N) is 2. The predicted octanol–water partition coefficient (Wildman–Crippen LogP) is 3.91. The molecule has 0 aliphatic carbocycles. The monoisotopic (exact) mass is 408 g/mol. The molecule has 0 radical (unpaired) electrons. The van der Waals surface area contributed by atoms with Crippen LogP contribution < -0.4 is 14.4 Å². The van der Waals surface area contributed by atoms with Crippen molar-refractivity contribution in [1.29, 1.82) is 0 Å². The number of thiazole rings is 1. The van der Waals surface area contributed by atoms with Crippen LogP contribution in [0.3, 0.4) is 0 Å². The molecule has 148 valence electrons. The minimum Gasteiger partial charge on any atom is -0.493 e. The van der Waals surface area contributed by atoms with Gasteiger partial charge in [-0.25, -0.2) is 4.98 Å². The van der Waals surface area contributed by atoms with Gasteiger partial charge in [0.15, 0.2) is 18.1 Å². The fraction of sp³-hybridized carbons (Fsp3) is 0.227. The molecule has 0 saturated heterocycles. The summed E-state index contributed by atoms with van der Waals surface area (Å²) < 4.78 is 10.9.